The minimum Gasteiger partial charge on any atom is -0.497 e. The number of thiol groups is 2. The molecule has 0 radical (unpaired) electrons. The van der Waals surface area contributed by atoms with E-state index in [0.29, 0.717) is 34.7 Å². The average Bonchev–Trinajstić information content (AvgIpc) is 3.49. The van der Waals surface area contributed by atoms with Crippen LogP contribution in [-0.4, -0.2) is 73.8 Å². The molecule has 2 fully saturated rings. The second-order valence-electron chi connectivity index (χ2n) is 11.0. The second-order valence-corrected chi connectivity index (χ2v) is 14.1. The number of methoxy groups -OCH3 is 1. The summed E-state index contributed by atoms with van der Waals surface area (Å²) < 4.78 is 41.7. The third-order valence-corrected chi connectivity index (χ3v) is 11.6. The monoisotopic (exact) mass is 666 g/mol. The molecule has 45 heavy (non-hydrogen) atoms. The maximum atomic E-state index is 14.7. The quantitative estimate of drug-likeness (QED) is 0.115. The number of rotatable bonds is 9. The number of nitrogens with zero attached hydrogens (tertiary/aromatic N) is 6. The third-order valence-electron chi connectivity index (χ3n) is 8.66. The number of likely N-dealkylation sites (N-methyl/N-ethyl adjacent to an activating group) is 1. The smallest absolute Gasteiger partial charge is 0.266 e. The zero-order valence-electron chi connectivity index (χ0n) is 24.3. The fourth-order valence-electron chi connectivity index (χ4n) is 6.61. The summed E-state index contributed by atoms with van der Waals surface area (Å²) in [5.41, 5.74) is 9.00. The molecule has 4 atom stereocenters. The van der Waals surface area contributed by atoms with Gasteiger partial charge in [0.05, 0.1) is 29.7 Å². The number of ether oxygens (including phenoxy) is 2. The van der Waals surface area contributed by atoms with Crippen LogP contribution in [0.2, 0.25) is 0 Å². The summed E-state index contributed by atoms with van der Waals surface area (Å²) in [5, 5.41) is 2.34. The molecule has 234 valence electrons. The fraction of sp³-hybridized carbons (Fsp3) is 0.333. The lowest BCUT2D eigenvalue weighted by Gasteiger charge is -2.47. The van der Waals surface area contributed by atoms with Gasteiger partial charge in [-0.1, -0.05) is 35.4 Å². The number of piperazine rings is 1. The fourth-order valence-corrected chi connectivity index (χ4v) is 9.12. The molecule has 3 aliphatic rings. The van der Waals surface area contributed by atoms with E-state index < -0.39 is 43.7 Å². The van der Waals surface area contributed by atoms with E-state index in [1.54, 1.807) is 43.5 Å². The van der Waals surface area contributed by atoms with Gasteiger partial charge in [0.15, 0.2) is 10.2 Å². The van der Waals surface area contributed by atoms with Crippen LogP contribution in [-0.2, 0) is 25.0 Å². The van der Waals surface area contributed by atoms with Crippen molar-refractivity contribution in [2.45, 2.75) is 39.6 Å². The molecule has 0 saturated carbocycles. The van der Waals surface area contributed by atoms with E-state index >= 15 is 0 Å². The van der Waals surface area contributed by atoms with Crippen LogP contribution < -0.4 is 13.8 Å². The Morgan fingerprint density at radius 2 is 1.71 bits per heavy atom. The molecule has 0 unspecified atom stereocenters. The molecule has 0 aliphatic carbocycles. The van der Waals surface area contributed by atoms with Gasteiger partial charge < -0.3 is 14.4 Å². The number of hydrogen-bond donors (Lipinski definition) is 2. The first-order valence-corrected chi connectivity index (χ1v) is 16.5. The van der Waals surface area contributed by atoms with Crippen molar-refractivity contribution in [2.75, 3.05) is 31.6 Å². The Kier molecular flexibility index (Phi) is 7.84. The molecule has 6 rings (SSSR count). The largest absolute Gasteiger partial charge is 0.497 e. The molecule has 0 aromatic heterocycles. The van der Waals surface area contributed by atoms with Gasteiger partial charge in [-0.25, -0.2) is 12.7 Å². The highest BCUT2D eigenvalue weighted by Gasteiger charge is 2.73. The van der Waals surface area contributed by atoms with E-state index in [4.69, 9.17) is 27.6 Å². The van der Waals surface area contributed by atoms with Crippen molar-refractivity contribution in [1.82, 2.24) is 9.80 Å². The molecule has 3 heterocycles. The molecule has 3 aromatic rings. The number of hydrogen-bond acceptors (Lipinski definition) is 9. The Hall–Kier alpha value is -4.04. The van der Waals surface area contributed by atoms with Gasteiger partial charge in [-0.2, -0.15) is 0 Å². The van der Waals surface area contributed by atoms with Crippen LogP contribution in [0, 0.1) is 0 Å². The standard InChI is InChI=1S/C30H30N6O6S3/c1-34-26(43)25(37)35-27-29(18-30(35,44)28(34)38,19-8-10-20(41-2)11-9-19)23-6-3-4-7-24(23)36(27)45(39,40)22-14-12-21(13-15-22)42-17-5-16-32-33-31/h3-4,6-15,26-27,43-44H,5,16-18H2,1-2H3/t26-,27-,29-,30-/m0/s1. The van der Waals surface area contributed by atoms with Crippen LogP contribution >= 0.6 is 25.3 Å². The first-order chi connectivity index (χ1) is 21.5. The molecule has 0 bridgehead atoms. The van der Waals surface area contributed by atoms with Crippen molar-refractivity contribution < 1.29 is 27.5 Å². The summed E-state index contributed by atoms with van der Waals surface area (Å²) in [6, 6.07) is 20.3. The van der Waals surface area contributed by atoms with E-state index in [2.05, 4.69) is 22.7 Å². The van der Waals surface area contributed by atoms with Gasteiger partial charge >= 0.3 is 0 Å². The maximum Gasteiger partial charge on any atom is 0.266 e. The maximum absolute atomic E-state index is 14.7. The van der Waals surface area contributed by atoms with Gasteiger partial charge in [0, 0.05) is 24.9 Å². The Labute approximate surface area is 271 Å². The highest BCUT2D eigenvalue weighted by Crippen LogP contribution is 2.63. The summed E-state index contributed by atoms with van der Waals surface area (Å²) in [5.74, 6) is 0.0521. The van der Waals surface area contributed by atoms with Crippen LogP contribution in [0.15, 0.2) is 82.8 Å². The number of amides is 2. The van der Waals surface area contributed by atoms with Crippen molar-refractivity contribution in [3.05, 3.63) is 94.4 Å². The van der Waals surface area contributed by atoms with Crippen molar-refractivity contribution >= 4 is 52.8 Å². The number of anilines is 1. The Bertz CT molecular complexity index is 1820. The van der Waals surface area contributed by atoms with Crippen molar-refractivity contribution in [1.29, 1.82) is 0 Å². The van der Waals surface area contributed by atoms with Gasteiger partial charge in [-0.05, 0) is 65.5 Å². The highest BCUT2D eigenvalue weighted by molar-refractivity contribution is 7.93. The average molecular weight is 667 g/mol. The summed E-state index contributed by atoms with van der Waals surface area (Å²) in [6.45, 7) is 0.563. The lowest BCUT2D eigenvalue weighted by atomic mass is 9.72. The molecule has 2 amide bonds. The molecule has 2 saturated heterocycles. The number of carbonyl (C=O) groups is 2. The van der Waals surface area contributed by atoms with Gasteiger partial charge in [-0.15, -0.1) is 25.3 Å². The third kappa shape index (κ3) is 4.59. The van der Waals surface area contributed by atoms with Crippen LogP contribution in [0.1, 0.15) is 24.0 Å². The summed E-state index contributed by atoms with van der Waals surface area (Å²) in [4.78, 5) is 31.5. The number of benzene rings is 3. The topological polar surface area (TPSA) is 145 Å². The van der Waals surface area contributed by atoms with Gasteiger partial charge in [0.25, 0.3) is 21.8 Å². The second kappa shape index (κ2) is 11.4. The summed E-state index contributed by atoms with van der Waals surface area (Å²) >= 11 is 9.33. The number of carbonyl (C=O) groups excluding carboxylic acids is 2. The molecule has 3 aromatic carbocycles. The predicted octanol–water partition coefficient (Wildman–Crippen LogP) is 4.18. The zero-order chi connectivity index (χ0) is 32.1. The molecule has 0 spiro atoms. The summed E-state index contributed by atoms with van der Waals surface area (Å²) in [6.07, 6.45) is -0.664. The van der Waals surface area contributed by atoms with E-state index in [0.717, 1.165) is 0 Å². The van der Waals surface area contributed by atoms with Gasteiger partial charge in [0.1, 0.15) is 17.7 Å². The van der Waals surface area contributed by atoms with Crippen molar-refractivity contribution in [3.8, 4) is 11.5 Å². The summed E-state index contributed by atoms with van der Waals surface area (Å²) in [7, 11) is -1.30. The lowest BCUT2D eigenvalue weighted by molar-refractivity contribution is -0.157. The number of sulfonamides is 1. The van der Waals surface area contributed by atoms with Crippen molar-refractivity contribution in [2.24, 2.45) is 5.11 Å². The SMILES string of the molecule is COc1ccc([C@]23C[C@]4(S)C(=O)N(C)[C@@H](S)C(=O)N4[C@H]2N(S(=O)(=O)c2ccc(OCCCN=[N+]=[N-])cc2)c2ccccc23)cc1. The van der Waals surface area contributed by atoms with Crippen LogP contribution in [0.5, 0.6) is 11.5 Å². The Morgan fingerprint density at radius 3 is 2.38 bits per heavy atom. The Balaban J connectivity index is 1.51. The van der Waals surface area contributed by atoms with Crippen molar-refractivity contribution in [3.63, 3.8) is 0 Å². The van der Waals surface area contributed by atoms with Crippen LogP contribution in [0.4, 0.5) is 5.69 Å². The van der Waals surface area contributed by atoms with E-state index in [1.165, 1.54) is 33.3 Å². The van der Waals surface area contributed by atoms with Crippen LogP contribution in [0.3, 0.4) is 0 Å². The van der Waals surface area contributed by atoms with Gasteiger partial charge in [-0.3, -0.25) is 14.5 Å². The first-order valence-electron chi connectivity index (χ1n) is 14.1. The van der Waals surface area contributed by atoms with E-state index in [-0.39, 0.29) is 24.5 Å². The molecular formula is C30H30N6O6S3. The molecule has 0 N–H and O–H groups in total. The number of azide groups is 1. The molecular weight excluding hydrogens is 637 g/mol. The zero-order valence-corrected chi connectivity index (χ0v) is 27.0. The molecule has 3 aliphatic heterocycles. The Morgan fingerprint density at radius 1 is 1.04 bits per heavy atom. The van der Waals surface area contributed by atoms with Gasteiger partial charge in [0.2, 0.25) is 0 Å². The number of fused-ring (bicyclic) bond motifs is 5. The molecule has 12 nitrogen and oxygen atoms in total. The lowest BCUT2D eigenvalue weighted by Crippen LogP contribution is -2.68. The van der Waals surface area contributed by atoms with Crippen LogP contribution in [0.25, 0.3) is 10.4 Å². The highest BCUT2D eigenvalue weighted by atomic mass is 32.2. The number of para-hydroxylation sites is 1. The molecule has 15 heteroatoms. The first kappa shape index (κ1) is 31.0. The van der Waals surface area contributed by atoms with E-state index in [1.807, 2.05) is 24.3 Å². The predicted molar refractivity (Wildman–Crippen MR) is 173 cm³/mol. The normalized spacial score (nSPS) is 25.4. The minimum atomic E-state index is -4.34. The van der Waals surface area contributed by atoms with E-state index in [9.17, 15) is 18.0 Å². The minimum absolute atomic E-state index is 0.0151.